The van der Waals surface area contributed by atoms with Gasteiger partial charge in [0.25, 0.3) is 0 Å². The molecule has 0 spiro atoms. The predicted octanol–water partition coefficient (Wildman–Crippen LogP) is 3.68. The average molecular weight is 365 g/mol. The predicted molar refractivity (Wildman–Crippen MR) is 105 cm³/mol. The van der Waals surface area contributed by atoms with Gasteiger partial charge in [0.15, 0.2) is 5.82 Å². The zero-order chi connectivity index (χ0) is 19.1. The number of aromatic amines is 1. The highest BCUT2D eigenvalue weighted by molar-refractivity contribution is 5.89. The van der Waals surface area contributed by atoms with Crippen LogP contribution >= 0.6 is 0 Å². The minimum atomic E-state index is -0.256. The number of anilines is 1. The standard InChI is InChI=1S/C20H23N5O2/c1-14-6-3-9-18(12-14)27-11-5-10-21-20(26)23-17-8-4-7-16(13-17)19-22-15(2)24-25-19/h3-4,6-9,12-13H,5,10-11H2,1-2H3,(H2,21,23,26)(H,22,24,25). The smallest absolute Gasteiger partial charge is 0.319 e. The van der Waals surface area contributed by atoms with Crippen molar-refractivity contribution in [3.8, 4) is 17.1 Å². The highest BCUT2D eigenvalue weighted by Gasteiger charge is 2.06. The van der Waals surface area contributed by atoms with E-state index >= 15 is 0 Å². The molecule has 2 aromatic carbocycles. The summed E-state index contributed by atoms with van der Waals surface area (Å²) < 4.78 is 5.67. The molecular weight excluding hydrogens is 342 g/mol. The summed E-state index contributed by atoms with van der Waals surface area (Å²) in [6, 6.07) is 15.1. The Kier molecular flexibility index (Phi) is 6.04. The molecule has 0 aliphatic heterocycles. The first-order valence-electron chi connectivity index (χ1n) is 8.84. The Labute approximate surface area is 158 Å². The number of amides is 2. The van der Waals surface area contributed by atoms with Crippen molar-refractivity contribution in [2.75, 3.05) is 18.5 Å². The van der Waals surface area contributed by atoms with Gasteiger partial charge < -0.3 is 15.4 Å². The Morgan fingerprint density at radius 2 is 2.00 bits per heavy atom. The van der Waals surface area contributed by atoms with E-state index in [2.05, 4.69) is 25.8 Å². The van der Waals surface area contributed by atoms with Crippen LogP contribution in [0.3, 0.4) is 0 Å². The fourth-order valence-electron chi connectivity index (χ4n) is 2.55. The molecule has 3 aromatic rings. The SMILES string of the molecule is Cc1cccc(OCCCNC(=O)Nc2cccc(-c3n[nH]c(C)n3)c2)c1. The largest absolute Gasteiger partial charge is 0.494 e. The highest BCUT2D eigenvalue weighted by Crippen LogP contribution is 2.19. The third-order valence-corrected chi connectivity index (χ3v) is 3.84. The van der Waals surface area contributed by atoms with Crippen molar-refractivity contribution in [1.29, 1.82) is 0 Å². The van der Waals surface area contributed by atoms with Crippen LogP contribution in [0.2, 0.25) is 0 Å². The molecule has 1 heterocycles. The van der Waals surface area contributed by atoms with Crippen LogP contribution in [-0.2, 0) is 0 Å². The number of hydrogen-bond acceptors (Lipinski definition) is 4. The molecule has 0 radical (unpaired) electrons. The maximum Gasteiger partial charge on any atom is 0.319 e. The molecule has 3 rings (SSSR count). The quantitative estimate of drug-likeness (QED) is 0.557. The first kappa shape index (κ1) is 18.4. The summed E-state index contributed by atoms with van der Waals surface area (Å²) in [5.41, 5.74) is 2.68. The molecule has 7 nitrogen and oxygen atoms in total. The third-order valence-electron chi connectivity index (χ3n) is 3.84. The Balaban J connectivity index is 1.41. The Hall–Kier alpha value is -3.35. The van der Waals surface area contributed by atoms with E-state index in [1.165, 1.54) is 0 Å². The van der Waals surface area contributed by atoms with E-state index < -0.39 is 0 Å². The number of rotatable bonds is 7. The summed E-state index contributed by atoms with van der Waals surface area (Å²) in [5, 5.41) is 12.6. The highest BCUT2D eigenvalue weighted by atomic mass is 16.5. The Morgan fingerprint density at radius 3 is 2.78 bits per heavy atom. The van der Waals surface area contributed by atoms with E-state index in [9.17, 15) is 4.79 Å². The number of nitrogens with zero attached hydrogens (tertiary/aromatic N) is 2. The maximum atomic E-state index is 12.0. The molecule has 2 amide bonds. The van der Waals surface area contributed by atoms with Crippen molar-refractivity contribution < 1.29 is 9.53 Å². The number of nitrogens with one attached hydrogen (secondary N) is 3. The zero-order valence-electron chi connectivity index (χ0n) is 15.5. The molecule has 3 N–H and O–H groups in total. The second-order valence-corrected chi connectivity index (χ2v) is 6.22. The molecule has 0 saturated heterocycles. The molecule has 0 saturated carbocycles. The number of benzene rings is 2. The van der Waals surface area contributed by atoms with E-state index in [0.717, 1.165) is 29.1 Å². The molecule has 0 unspecified atom stereocenters. The lowest BCUT2D eigenvalue weighted by Gasteiger charge is -2.09. The van der Waals surface area contributed by atoms with Crippen molar-refractivity contribution in [2.24, 2.45) is 0 Å². The number of carbonyl (C=O) groups excluding carboxylic acids is 1. The molecule has 0 aliphatic carbocycles. The van der Waals surface area contributed by atoms with Gasteiger partial charge in [-0.15, -0.1) is 0 Å². The van der Waals surface area contributed by atoms with Crippen molar-refractivity contribution in [2.45, 2.75) is 20.3 Å². The number of carbonyl (C=O) groups is 1. The third kappa shape index (κ3) is 5.57. The van der Waals surface area contributed by atoms with Gasteiger partial charge in [0.05, 0.1) is 6.61 Å². The molecule has 0 fully saturated rings. The van der Waals surface area contributed by atoms with Crippen molar-refractivity contribution in [3.63, 3.8) is 0 Å². The van der Waals surface area contributed by atoms with Crippen LogP contribution in [0.4, 0.5) is 10.5 Å². The fourth-order valence-corrected chi connectivity index (χ4v) is 2.55. The average Bonchev–Trinajstić information content (AvgIpc) is 3.08. The van der Waals surface area contributed by atoms with Gasteiger partial charge in [-0.05, 0) is 50.1 Å². The summed E-state index contributed by atoms with van der Waals surface area (Å²) in [6.07, 6.45) is 0.720. The van der Waals surface area contributed by atoms with Crippen molar-refractivity contribution in [3.05, 3.63) is 59.9 Å². The van der Waals surface area contributed by atoms with Crippen LogP contribution < -0.4 is 15.4 Å². The Bertz CT molecular complexity index is 907. The summed E-state index contributed by atoms with van der Waals surface area (Å²) in [5.74, 6) is 2.19. The van der Waals surface area contributed by atoms with Gasteiger partial charge in [-0.1, -0.05) is 24.3 Å². The second kappa shape index (κ2) is 8.84. The first-order valence-corrected chi connectivity index (χ1v) is 8.84. The van der Waals surface area contributed by atoms with Gasteiger partial charge in [0.2, 0.25) is 0 Å². The van der Waals surface area contributed by atoms with Gasteiger partial charge in [-0.3, -0.25) is 5.10 Å². The number of ether oxygens (including phenoxy) is 1. The Morgan fingerprint density at radius 1 is 1.15 bits per heavy atom. The minimum Gasteiger partial charge on any atom is -0.494 e. The second-order valence-electron chi connectivity index (χ2n) is 6.22. The van der Waals surface area contributed by atoms with Crippen molar-refractivity contribution >= 4 is 11.7 Å². The van der Waals surface area contributed by atoms with Gasteiger partial charge in [-0.2, -0.15) is 5.10 Å². The van der Waals surface area contributed by atoms with Gasteiger partial charge in [0, 0.05) is 17.8 Å². The molecule has 7 heteroatoms. The maximum absolute atomic E-state index is 12.0. The van der Waals surface area contributed by atoms with Gasteiger partial charge in [-0.25, -0.2) is 9.78 Å². The lowest BCUT2D eigenvalue weighted by Crippen LogP contribution is -2.30. The van der Waals surface area contributed by atoms with Gasteiger partial charge in [0.1, 0.15) is 11.6 Å². The lowest BCUT2D eigenvalue weighted by molar-refractivity contribution is 0.250. The lowest BCUT2D eigenvalue weighted by atomic mass is 10.2. The number of aromatic nitrogens is 3. The fraction of sp³-hybridized carbons (Fsp3) is 0.250. The number of aryl methyl sites for hydroxylation is 2. The van der Waals surface area contributed by atoms with E-state index in [4.69, 9.17) is 4.74 Å². The van der Waals surface area contributed by atoms with Crippen LogP contribution in [0.15, 0.2) is 48.5 Å². The van der Waals surface area contributed by atoms with E-state index in [0.29, 0.717) is 24.7 Å². The topological polar surface area (TPSA) is 91.9 Å². The monoisotopic (exact) mass is 365 g/mol. The molecular formula is C20H23N5O2. The van der Waals surface area contributed by atoms with E-state index in [-0.39, 0.29) is 6.03 Å². The number of hydrogen-bond donors (Lipinski definition) is 3. The molecule has 0 aliphatic rings. The molecule has 0 atom stereocenters. The summed E-state index contributed by atoms with van der Waals surface area (Å²) in [4.78, 5) is 16.3. The number of urea groups is 1. The molecule has 27 heavy (non-hydrogen) atoms. The molecule has 1 aromatic heterocycles. The molecule has 140 valence electrons. The van der Waals surface area contributed by atoms with Crippen LogP contribution in [-0.4, -0.2) is 34.4 Å². The van der Waals surface area contributed by atoms with Crippen LogP contribution in [0.25, 0.3) is 11.4 Å². The van der Waals surface area contributed by atoms with Crippen LogP contribution in [0.5, 0.6) is 5.75 Å². The van der Waals surface area contributed by atoms with Gasteiger partial charge >= 0.3 is 6.03 Å². The summed E-state index contributed by atoms with van der Waals surface area (Å²) in [6.45, 7) is 4.94. The normalized spacial score (nSPS) is 10.4. The van der Waals surface area contributed by atoms with Crippen LogP contribution in [0, 0.1) is 13.8 Å². The van der Waals surface area contributed by atoms with Crippen molar-refractivity contribution in [1.82, 2.24) is 20.5 Å². The van der Waals surface area contributed by atoms with E-state index in [1.54, 1.807) is 0 Å². The number of H-pyrrole nitrogens is 1. The summed E-state index contributed by atoms with van der Waals surface area (Å²) >= 11 is 0. The zero-order valence-corrected chi connectivity index (χ0v) is 15.5. The molecule has 0 bridgehead atoms. The minimum absolute atomic E-state index is 0.256. The van der Waals surface area contributed by atoms with Crippen LogP contribution in [0.1, 0.15) is 17.8 Å². The van der Waals surface area contributed by atoms with E-state index in [1.807, 2.05) is 62.4 Å². The summed E-state index contributed by atoms with van der Waals surface area (Å²) in [7, 11) is 0. The first-order chi connectivity index (χ1) is 13.1.